The van der Waals surface area contributed by atoms with Crippen molar-refractivity contribution in [2.45, 2.75) is 0 Å². The molecule has 2 unspecified atom stereocenters. The SMILES string of the molecule is PP(c1ccccc1)P(c1ccccc1)c1ccccc1. The molecule has 0 aromatic heterocycles. The molecule has 3 rings (SSSR count). The third-order valence-electron chi connectivity index (χ3n) is 3.24. The van der Waals surface area contributed by atoms with E-state index in [0.717, 1.165) is 0 Å². The molecule has 0 amide bonds. The molecule has 0 saturated heterocycles. The van der Waals surface area contributed by atoms with Gasteiger partial charge in [0, 0.05) is 0 Å². The summed E-state index contributed by atoms with van der Waals surface area (Å²) in [5, 5.41) is 4.34. The summed E-state index contributed by atoms with van der Waals surface area (Å²) in [7, 11) is 2.46. The van der Waals surface area contributed by atoms with Gasteiger partial charge in [-0.1, -0.05) is 91.0 Å². The van der Waals surface area contributed by atoms with Gasteiger partial charge in [0.1, 0.15) is 0 Å². The average molecular weight is 326 g/mol. The van der Waals surface area contributed by atoms with Gasteiger partial charge in [-0.15, -0.1) is 8.93 Å². The monoisotopic (exact) mass is 326 g/mol. The molecule has 0 nitrogen and oxygen atoms in total. The molecular formula is C18H17P3. The summed E-state index contributed by atoms with van der Waals surface area (Å²) in [5.41, 5.74) is 0. The Bertz CT molecular complexity index is 629. The lowest BCUT2D eigenvalue weighted by Crippen LogP contribution is -2.12. The maximum atomic E-state index is 3.13. The van der Waals surface area contributed by atoms with Gasteiger partial charge in [-0.25, -0.2) is 0 Å². The molecule has 0 aliphatic carbocycles. The number of rotatable bonds is 4. The second-order valence-corrected chi connectivity index (χ2v) is 12.9. The normalized spacial score (nSPS) is 12.3. The van der Waals surface area contributed by atoms with Crippen LogP contribution in [0.25, 0.3) is 0 Å². The van der Waals surface area contributed by atoms with Crippen LogP contribution in [0, 0.1) is 0 Å². The molecule has 21 heavy (non-hydrogen) atoms. The summed E-state index contributed by atoms with van der Waals surface area (Å²) in [6.45, 7) is 0. The van der Waals surface area contributed by atoms with Crippen molar-refractivity contribution in [1.29, 1.82) is 0 Å². The van der Waals surface area contributed by atoms with Crippen molar-refractivity contribution in [3.63, 3.8) is 0 Å². The van der Waals surface area contributed by atoms with Gasteiger partial charge in [0.25, 0.3) is 0 Å². The Morgan fingerprint density at radius 1 is 0.476 bits per heavy atom. The second-order valence-electron chi connectivity index (χ2n) is 4.66. The van der Waals surface area contributed by atoms with Crippen LogP contribution in [0.5, 0.6) is 0 Å². The summed E-state index contributed by atoms with van der Waals surface area (Å²) in [6.07, 6.45) is 0. The molecule has 0 spiro atoms. The van der Waals surface area contributed by atoms with E-state index in [1.54, 1.807) is 0 Å². The average Bonchev–Trinajstić information content (AvgIpc) is 2.58. The lowest BCUT2D eigenvalue weighted by Gasteiger charge is -2.26. The van der Waals surface area contributed by atoms with Crippen molar-refractivity contribution in [2.24, 2.45) is 0 Å². The maximum Gasteiger partial charge on any atom is -0.0107 e. The smallest absolute Gasteiger partial charge is 0.0107 e. The van der Waals surface area contributed by atoms with Crippen molar-refractivity contribution >= 4 is 39.8 Å². The third-order valence-corrected chi connectivity index (χ3v) is 12.4. The first-order valence-electron chi connectivity index (χ1n) is 6.86. The van der Waals surface area contributed by atoms with Gasteiger partial charge < -0.3 is 0 Å². The number of benzene rings is 3. The standard InChI is InChI=1S/C18H17P3/c19-21(18-14-8-3-9-15-18)20(16-10-4-1-5-11-16)17-12-6-2-7-13-17/h1-15H,19H2. The molecule has 0 fully saturated rings. The number of hydrogen-bond donors (Lipinski definition) is 0. The molecule has 3 aromatic carbocycles. The highest BCUT2D eigenvalue weighted by Crippen LogP contribution is 2.71. The Morgan fingerprint density at radius 2 is 0.810 bits per heavy atom. The van der Waals surface area contributed by atoms with Gasteiger partial charge >= 0.3 is 0 Å². The Hall–Kier alpha value is -1.05. The van der Waals surface area contributed by atoms with Crippen LogP contribution >= 0.6 is 23.8 Å². The molecule has 3 aromatic rings. The van der Waals surface area contributed by atoms with Crippen molar-refractivity contribution in [1.82, 2.24) is 0 Å². The Labute approximate surface area is 131 Å². The van der Waals surface area contributed by atoms with E-state index in [2.05, 4.69) is 99.9 Å². The molecule has 2 atom stereocenters. The van der Waals surface area contributed by atoms with Crippen molar-refractivity contribution in [2.75, 3.05) is 0 Å². The van der Waals surface area contributed by atoms with E-state index >= 15 is 0 Å². The van der Waals surface area contributed by atoms with Crippen LogP contribution in [0.15, 0.2) is 91.0 Å². The zero-order valence-corrected chi connectivity index (χ0v) is 14.6. The van der Waals surface area contributed by atoms with Crippen LogP contribution in [0.1, 0.15) is 0 Å². The largest absolute Gasteiger partial charge is 0.101 e. The minimum Gasteiger partial charge on any atom is -0.101 e. The van der Waals surface area contributed by atoms with Crippen LogP contribution in [-0.4, -0.2) is 0 Å². The fourth-order valence-electron chi connectivity index (χ4n) is 2.23. The van der Waals surface area contributed by atoms with Crippen molar-refractivity contribution < 1.29 is 0 Å². The summed E-state index contributed by atoms with van der Waals surface area (Å²) in [4.78, 5) is 0. The molecule has 104 valence electrons. The molecular weight excluding hydrogens is 309 g/mol. The summed E-state index contributed by atoms with van der Waals surface area (Å²) >= 11 is 0. The van der Waals surface area contributed by atoms with E-state index in [0.29, 0.717) is 0 Å². The maximum absolute atomic E-state index is 3.13. The first-order chi connectivity index (χ1) is 10.4. The van der Waals surface area contributed by atoms with Gasteiger partial charge in [0.05, 0.1) is 0 Å². The first kappa shape index (κ1) is 14.9. The fourth-order valence-corrected chi connectivity index (χ4v) is 10.9. The van der Waals surface area contributed by atoms with Crippen LogP contribution in [0.4, 0.5) is 0 Å². The molecule has 0 radical (unpaired) electrons. The highest BCUT2D eigenvalue weighted by atomic mass is 32.4. The zero-order chi connectivity index (χ0) is 14.5. The van der Waals surface area contributed by atoms with E-state index in [9.17, 15) is 0 Å². The molecule has 0 aliphatic heterocycles. The topological polar surface area (TPSA) is 0 Å². The minimum absolute atomic E-state index is 0.310. The van der Waals surface area contributed by atoms with Gasteiger partial charge in [-0.05, 0) is 30.8 Å². The van der Waals surface area contributed by atoms with Gasteiger partial charge in [0.15, 0.2) is 0 Å². The van der Waals surface area contributed by atoms with Crippen LogP contribution in [0.3, 0.4) is 0 Å². The zero-order valence-electron chi connectivity index (χ0n) is 11.6. The van der Waals surface area contributed by atoms with E-state index in [1.165, 1.54) is 15.9 Å². The fraction of sp³-hybridized carbons (Fsp3) is 0. The minimum atomic E-state index is -0.361. The summed E-state index contributed by atoms with van der Waals surface area (Å²) < 4.78 is 0. The lowest BCUT2D eigenvalue weighted by atomic mass is 10.4. The lowest BCUT2D eigenvalue weighted by molar-refractivity contribution is 1.76. The highest BCUT2D eigenvalue weighted by Gasteiger charge is 2.21. The Kier molecular flexibility index (Phi) is 5.16. The van der Waals surface area contributed by atoms with Gasteiger partial charge in [0.2, 0.25) is 0 Å². The van der Waals surface area contributed by atoms with E-state index in [1.807, 2.05) is 0 Å². The summed E-state index contributed by atoms with van der Waals surface area (Å²) in [5.74, 6) is 0. The van der Waals surface area contributed by atoms with Crippen molar-refractivity contribution in [3.05, 3.63) is 91.0 Å². The third kappa shape index (κ3) is 3.59. The van der Waals surface area contributed by atoms with Gasteiger partial charge in [-0.3, -0.25) is 0 Å². The molecule has 0 aliphatic rings. The second kappa shape index (κ2) is 7.29. The number of hydrogen-bond acceptors (Lipinski definition) is 0. The summed E-state index contributed by atoms with van der Waals surface area (Å²) in [6, 6.07) is 32.7. The van der Waals surface area contributed by atoms with E-state index in [-0.39, 0.29) is 14.9 Å². The van der Waals surface area contributed by atoms with Crippen LogP contribution < -0.4 is 15.9 Å². The predicted molar refractivity (Wildman–Crippen MR) is 102 cm³/mol. The van der Waals surface area contributed by atoms with Gasteiger partial charge in [-0.2, -0.15) is 0 Å². The molecule has 0 N–H and O–H groups in total. The Balaban J connectivity index is 2.05. The van der Waals surface area contributed by atoms with Crippen LogP contribution in [0.2, 0.25) is 0 Å². The highest BCUT2D eigenvalue weighted by molar-refractivity contribution is 8.59. The quantitative estimate of drug-likeness (QED) is 0.613. The molecule has 0 saturated carbocycles. The van der Waals surface area contributed by atoms with E-state index < -0.39 is 0 Å². The van der Waals surface area contributed by atoms with E-state index in [4.69, 9.17) is 0 Å². The van der Waals surface area contributed by atoms with Crippen LogP contribution in [-0.2, 0) is 0 Å². The molecule has 0 bridgehead atoms. The first-order valence-corrected chi connectivity index (χ1v) is 11.9. The Morgan fingerprint density at radius 3 is 1.19 bits per heavy atom. The molecule has 3 heteroatoms. The van der Waals surface area contributed by atoms with Crippen molar-refractivity contribution in [3.8, 4) is 0 Å². The molecule has 0 heterocycles. The predicted octanol–water partition coefficient (Wildman–Crippen LogP) is 4.63.